The van der Waals surface area contributed by atoms with Gasteiger partial charge in [0.1, 0.15) is 5.56 Å². The lowest BCUT2D eigenvalue weighted by molar-refractivity contribution is 0.100. The lowest BCUT2D eigenvalue weighted by Crippen LogP contribution is -2.22. The molecule has 1 aromatic rings. The molecular formula is C11H15N5O. The Morgan fingerprint density at radius 3 is 2.82 bits per heavy atom. The van der Waals surface area contributed by atoms with Crippen LogP contribution in [0.3, 0.4) is 0 Å². The van der Waals surface area contributed by atoms with Gasteiger partial charge in [0.2, 0.25) is 0 Å². The van der Waals surface area contributed by atoms with E-state index in [4.69, 9.17) is 16.7 Å². The van der Waals surface area contributed by atoms with E-state index in [0.29, 0.717) is 0 Å². The fourth-order valence-electron chi connectivity index (χ4n) is 2.34. The number of primary amides is 1. The molecule has 1 fully saturated rings. The summed E-state index contributed by atoms with van der Waals surface area (Å²) in [5.74, 6) is -0.512. The highest BCUT2D eigenvalue weighted by molar-refractivity contribution is 5.96. The van der Waals surface area contributed by atoms with E-state index in [2.05, 4.69) is 11.2 Å². The fourth-order valence-corrected chi connectivity index (χ4v) is 2.34. The minimum Gasteiger partial charge on any atom is -0.382 e. The number of hydrogen-bond acceptors (Lipinski definition) is 4. The maximum Gasteiger partial charge on any atom is 0.254 e. The van der Waals surface area contributed by atoms with Crippen molar-refractivity contribution in [3.63, 3.8) is 0 Å². The number of nitrogens with two attached hydrogens (primary N) is 2. The normalized spacial score (nSPS) is 24.2. The van der Waals surface area contributed by atoms with Crippen molar-refractivity contribution in [2.75, 3.05) is 5.73 Å². The molecule has 4 N–H and O–H groups in total. The van der Waals surface area contributed by atoms with Crippen molar-refractivity contribution in [1.82, 2.24) is 9.78 Å². The zero-order valence-corrected chi connectivity index (χ0v) is 9.47. The zero-order chi connectivity index (χ0) is 12.4. The molecule has 0 spiro atoms. The summed E-state index contributed by atoms with van der Waals surface area (Å²) in [6.07, 6.45) is 5.44. The zero-order valence-electron chi connectivity index (χ0n) is 9.47. The first kappa shape index (κ1) is 11.5. The van der Waals surface area contributed by atoms with E-state index in [-0.39, 0.29) is 23.3 Å². The Hall–Kier alpha value is -2.03. The standard InChI is InChI=1S/C11H15N5O/c12-5-7-3-1-2-4-9(7)16-6-8(11(14)17)10(13)15-16/h6-7,9H,1-4H2,(H2,13,15)(H2,14,17)/t7-,9+/m0/s1. The maximum absolute atomic E-state index is 11.1. The van der Waals surface area contributed by atoms with Gasteiger partial charge in [-0.25, -0.2) is 0 Å². The Bertz CT molecular complexity index is 473. The van der Waals surface area contributed by atoms with Crippen LogP contribution in [0.25, 0.3) is 0 Å². The molecule has 0 saturated heterocycles. The summed E-state index contributed by atoms with van der Waals surface area (Å²) in [5, 5.41) is 13.2. The van der Waals surface area contributed by atoms with E-state index in [0.717, 1.165) is 25.7 Å². The number of hydrogen-bond donors (Lipinski definition) is 2. The summed E-state index contributed by atoms with van der Waals surface area (Å²) in [6.45, 7) is 0. The molecule has 0 aromatic carbocycles. The molecule has 6 heteroatoms. The molecule has 2 rings (SSSR count). The Morgan fingerprint density at radius 2 is 2.24 bits per heavy atom. The van der Waals surface area contributed by atoms with Crippen molar-refractivity contribution in [3.05, 3.63) is 11.8 Å². The second-order valence-corrected chi connectivity index (χ2v) is 4.36. The van der Waals surface area contributed by atoms with Gasteiger partial charge < -0.3 is 11.5 Å². The highest BCUT2D eigenvalue weighted by Crippen LogP contribution is 2.33. The Balaban J connectivity index is 2.30. The van der Waals surface area contributed by atoms with E-state index in [9.17, 15) is 4.79 Å². The van der Waals surface area contributed by atoms with Crippen molar-refractivity contribution in [3.8, 4) is 6.07 Å². The number of carbonyl (C=O) groups excluding carboxylic acids is 1. The molecule has 0 radical (unpaired) electrons. The van der Waals surface area contributed by atoms with Gasteiger partial charge in [-0.1, -0.05) is 12.8 Å². The summed E-state index contributed by atoms with van der Waals surface area (Å²) in [7, 11) is 0. The van der Waals surface area contributed by atoms with Crippen LogP contribution >= 0.6 is 0 Å². The van der Waals surface area contributed by atoms with Crippen LogP contribution in [0.2, 0.25) is 0 Å². The van der Waals surface area contributed by atoms with Crippen LogP contribution in [0.1, 0.15) is 42.1 Å². The number of nitrogen functional groups attached to an aromatic ring is 1. The smallest absolute Gasteiger partial charge is 0.254 e. The Morgan fingerprint density at radius 1 is 1.53 bits per heavy atom. The molecule has 2 atom stereocenters. The molecule has 90 valence electrons. The Labute approximate surface area is 99.2 Å². The molecule has 6 nitrogen and oxygen atoms in total. The average Bonchev–Trinajstić information content (AvgIpc) is 2.71. The fraction of sp³-hybridized carbons (Fsp3) is 0.545. The number of amides is 1. The predicted octanol–water partition coefficient (Wildman–Crippen LogP) is 0.819. The van der Waals surface area contributed by atoms with Crippen LogP contribution in [0.4, 0.5) is 5.82 Å². The van der Waals surface area contributed by atoms with Crippen molar-refractivity contribution in [2.24, 2.45) is 11.7 Å². The molecule has 1 aromatic heterocycles. The van der Waals surface area contributed by atoms with Crippen molar-refractivity contribution in [1.29, 1.82) is 5.26 Å². The quantitative estimate of drug-likeness (QED) is 0.787. The van der Waals surface area contributed by atoms with Gasteiger partial charge in [0.05, 0.1) is 18.0 Å². The number of carbonyl (C=O) groups is 1. The first-order valence-electron chi connectivity index (χ1n) is 5.67. The first-order valence-corrected chi connectivity index (χ1v) is 5.67. The van der Waals surface area contributed by atoms with E-state index in [1.807, 2.05) is 0 Å². The highest BCUT2D eigenvalue weighted by Gasteiger charge is 2.28. The van der Waals surface area contributed by atoms with Crippen molar-refractivity contribution < 1.29 is 4.79 Å². The van der Waals surface area contributed by atoms with Crippen molar-refractivity contribution in [2.45, 2.75) is 31.7 Å². The van der Waals surface area contributed by atoms with Crippen LogP contribution in [0.5, 0.6) is 0 Å². The van der Waals surface area contributed by atoms with Gasteiger partial charge in [0.15, 0.2) is 5.82 Å². The van der Waals surface area contributed by atoms with Gasteiger partial charge in [-0.2, -0.15) is 10.4 Å². The molecule has 1 aliphatic rings. The third kappa shape index (κ3) is 2.09. The SMILES string of the molecule is N#C[C@@H]1CCCC[C@H]1n1cc(C(N)=O)c(N)n1. The lowest BCUT2D eigenvalue weighted by Gasteiger charge is -2.26. The van der Waals surface area contributed by atoms with E-state index >= 15 is 0 Å². The van der Waals surface area contributed by atoms with Crippen LogP contribution in [0, 0.1) is 17.2 Å². The molecular weight excluding hydrogens is 218 g/mol. The summed E-state index contributed by atoms with van der Waals surface area (Å²) >= 11 is 0. The average molecular weight is 233 g/mol. The summed E-state index contributed by atoms with van der Waals surface area (Å²) < 4.78 is 1.63. The summed E-state index contributed by atoms with van der Waals surface area (Å²) in [5.41, 5.74) is 11.0. The molecule has 1 amide bonds. The van der Waals surface area contributed by atoms with Crippen LogP contribution in [-0.4, -0.2) is 15.7 Å². The highest BCUT2D eigenvalue weighted by atomic mass is 16.1. The second-order valence-electron chi connectivity index (χ2n) is 4.36. The molecule has 0 unspecified atom stereocenters. The monoisotopic (exact) mass is 233 g/mol. The third-order valence-corrected chi connectivity index (χ3v) is 3.26. The summed E-state index contributed by atoms with van der Waals surface area (Å²) in [6, 6.07) is 2.30. The first-order chi connectivity index (χ1) is 8.13. The molecule has 1 saturated carbocycles. The minimum atomic E-state index is -0.585. The van der Waals surface area contributed by atoms with Gasteiger partial charge in [0.25, 0.3) is 5.91 Å². The number of anilines is 1. The second kappa shape index (κ2) is 4.45. The van der Waals surface area contributed by atoms with E-state index < -0.39 is 5.91 Å². The topological polar surface area (TPSA) is 111 Å². The van der Waals surface area contributed by atoms with Gasteiger partial charge >= 0.3 is 0 Å². The van der Waals surface area contributed by atoms with Gasteiger partial charge in [-0.3, -0.25) is 9.48 Å². The number of nitrogens with zero attached hydrogens (tertiary/aromatic N) is 3. The van der Waals surface area contributed by atoms with Crippen LogP contribution < -0.4 is 11.5 Å². The summed E-state index contributed by atoms with van der Waals surface area (Å²) in [4.78, 5) is 11.1. The van der Waals surface area contributed by atoms with Gasteiger partial charge in [0, 0.05) is 6.20 Å². The van der Waals surface area contributed by atoms with Crippen LogP contribution in [-0.2, 0) is 0 Å². The largest absolute Gasteiger partial charge is 0.382 e. The molecule has 0 bridgehead atoms. The number of nitriles is 1. The predicted molar refractivity (Wildman–Crippen MR) is 61.8 cm³/mol. The number of aromatic nitrogens is 2. The van der Waals surface area contributed by atoms with Gasteiger partial charge in [-0.05, 0) is 12.8 Å². The van der Waals surface area contributed by atoms with E-state index in [1.165, 1.54) is 0 Å². The third-order valence-electron chi connectivity index (χ3n) is 3.26. The molecule has 1 heterocycles. The molecule has 1 aliphatic carbocycles. The van der Waals surface area contributed by atoms with Crippen molar-refractivity contribution >= 4 is 11.7 Å². The lowest BCUT2D eigenvalue weighted by atomic mass is 9.85. The van der Waals surface area contributed by atoms with E-state index in [1.54, 1.807) is 10.9 Å². The minimum absolute atomic E-state index is 0.00384. The number of rotatable bonds is 2. The molecule has 0 aliphatic heterocycles. The maximum atomic E-state index is 11.1. The van der Waals surface area contributed by atoms with Crippen LogP contribution in [0.15, 0.2) is 6.20 Å². The van der Waals surface area contributed by atoms with Gasteiger partial charge in [-0.15, -0.1) is 0 Å². The molecule has 17 heavy (non-hydrogen) atoms. The Kier molecular flexibility index (Phi) is 3.00.